The Balaban J connectivity index is -0.000000368. The van der Waals surface area contributed by atoms with Gasteiger partial charge in [-0.05, 0) is 37.5 Å². The molecule has 9 heteroatoms. The molecular weight excluding hydrogens is 474 g/mol. The monoisotopic (exact) mass is 514 g/mol. The van der Waals surface area contributed by atoms with Gasteiger partial charge in [-0.3, -0.25) is 0 Å². The molecule has 8 nitrogen and oxygen atoms in total. The smallest absolute Gasteiger partial charge is 0.550 e. The molecule has 0 aromatic carbocycles. The molecule has 2 unspecified atom stereocenters. The minimum atomic E-state index is -0.893. The number of nitrogens with zero attached hydrogens (tertiary/aromatic N) is 4. The molecule has 2 aromatic heterocycles. The Kier molecular flexibility index (Phi) is 26.5. The summed E-state index contributed by atoms with van der Waals surface area (Å²) in [6.07, 6.45) is 17.8. The van der Waals surface area contributed by atoms with Gasteiger partial charge >= 0.3 is 19.5 Å². The Bertz CT molecular complexity index is 606. The van der Waals surface area contributed by atoms with Gasteiger partial charge in [0, 0.05) is 50.8 Å². The minimum Gasteiger partial charge on any atom is -0.550 e. The molecule has 184 valence electrons. The van der Waals surface area contributed by atoms with E-state index in [1.807, 2.05) is 49.5 Å². The SMILES string of the molecule is CCCCC(CC)C(=O)[O-].CCCCC(CC)C(=O)[O-].Cn1ccnc1.Cn1ccnc1.[Zn+2]. The third-order valence-corrected chi connectivity index (χ3v) is 4.74. The third kappa shape index (κ3) is 23.0. The number of imidazole rings is 2. The van der Waals surface area contributed by atoms with Crippen LogP contribution in [0.4, 0.5) is 0 Å². The van der Waals surface area contributed by atoms with E-state index in [1.165, 1.54) is 0 Å². The second-order valence-electron chi connectivity index (χ2n) is 7.59. The summed E-state index contributed by atoms with van der Waals surface area (Å²) in [5.74, 6) is -2.23. The van der Waals surface area contributed by atoms with Crippen molar-refractivity contribution in [2.75, 3.05) is 0 Å². The Labute approximate surface area is 212 Å². The number of unbranched alkanes of at least 4 members (excludes halogenated alkanes) is 2. The summed E-state index contributed by atoms with van der Waals surface area (Å²) in [5.41, 5.74) is 0. The van der Waals surface area contributed by atoms with Crippen molar-refractivity contribution >= 4 is 11.9 Å². The van der Waals surface area contributed by atoms with Crippen molar-refractivity contribution in [2.24, 2.45) is 25.9 Å². The van der Waals surface area contributed by atoms with E-state index in [0.29, 0.717) is 12.8 Å². The van der Waals surface area contributed by atoms with Crippen LogP contribution in [0.3, 0.4) is 0 Å². The molecule has 0 amide bonds. The van der Waals surface area contributed by atoms with Gasteiger partial charge in [0.2, 0.25) is 0 Å². The van der Waals surface area contributed by atoms with E-state index in [-0.39, 0.29) is 31.3 Å². The molecule has 0 radical (unpaired) electrons. The molecule has 0 saturated heterocycles. The maximum Gasteiger partial charge on any atom is 2.00 e. The number of carbonyl (C=O) groups excluding carboxylic acids is 2. The van der Waals surface area contributed by atoms with Crippen molar-refractivity contribution in [3.05, 3.63) is 37.4 Å². The summed E-state index contributed by atoms with van der Waals surface area (Å²) in [6.45, 7) is 7.89. The standard InChI is InChI=1S/2C8H16O2.2C4H6N2.Zn/c2*1-3-5-6-7(4-2)8(9)10;2*1-6-3-2-5-4-6;/h2*7H,3-6H2,1-2H3,(H,9,10);2*2-4H,1H3;/q;;;;+2/p-2. The minimum absolute atomic E-state index is 0. The first kappa shape index (κ1) is 35.6. The topological polar surface area (TPSA) is 116 Å². The molecule has 0 aliphatic rings. The summed E-state index contributed by atoms with van der Waals surface area (Å²) in [5, 5.41) is 20.7. The van der Waals surface area contributed by atoms with E-state index in [9.17, 15) is 19.8 Å². The fraction of sp³-hybridized carbons (Fsp3) is 0.667. The van der Waals surface area contributed by atoms with Gasteiger partial charge in [0.25, 0.3) is 0 Å². The number of carbonyl (C=O) groups is 2. The van der Waals surface area contributed by atoms with Crippen molar-refractivity contribution in [3.8, 4) is 0 Å². The summed E-state index contributed by atoms with van der Waals surface area (Å²) in [7, 11) is 3.88. The van der Waals surface area contributed by atoms with Crippen LogP contribution in [0, 0.1) is 11.8 Å². The summed E-state index contributed by atoms with van der Waals surface area (Å²) in [4.78, 5) is 28.2. The average Bonchev–Trinajstić information content (AvgIpc) is 3.43. The first-order valence-corrected chi connectivity index (χ1v) is 11.5. The van der Waals surface area contributed by atoms with Gasteiger partial charge in [-0.25, -0.2) is 9.97 Å². The van der Waals surface area contributed by atoms with Crippen molar-refractivity contribution in [3.63, 3.8) is 0 Å². The van der Waals surface area contributed by atoms with Crippen LogP contribution in [0.2, 0.25) is 0 Å². The molecule has 2 rings (SSSR count). The Hall–Kier alpha value is -2.02. The Morgan fingerprint density at radius 3 is 1.21 bits per heavy atom. The molecule has 0 aliphatic heterocycles. The van der Waals surface area contributed by atoms with Crippen molar-refractivity contribution in [2.45, 2.75) is 79.1 Å². The second kappa shape index (κ2) is 24.6. The predicted molar refractivity (Wildman–Crippen MR) is 123 cm³/mol. The van der Waals surface area contributed by atoms with E-state index >= 15 is 0 Å². The van der Waals surface area contributed by atoms with Gasteiger partial charge < -0.3 is 28.9 Å². The number of carboxylic acids is 2. The summed E-state index contributed by atoms with van der Waals surface area (Å²) < 4.78 is 3.78. The van der Waals surface area contributed by atoms with E-state index in [1.54, 1.807) is 25.0 Å². The third-order valence-electron chi connectivity index (χ3n) is 4.74. The number of aromatic nitrogens is 4. The van der Waals surface area contributed by atoms with Crippen molar-refractivity contribution < 1.29 is 39.3 Å². The second-order valence-corrected chi connectivity index (χ2v) is 7.59. The maximum absolute atomic E-state index is 10.3. The number of rotatable bonds is 10. The molecule has 0 fully saturated rings. The van der Waals surface area contributed by atoms with Gasteiger partial charge in [0.05, 0.1) is 12.7 Å². The number of hydrogen-bond donors (Lipinski definition) is 0. The van der Waals surface area contributed by atoms with Crippen LogP contribution >= 0.6 is 0 Å². The van der Waals surface area contributed by atoms with Gasteiger partial charge in [-0.2, -0.15) is 0 Å². The predicted octanol–water partition coefficient (Wildman–Crippen LogP) is 2.74. The van der Waals surface area contributed by atoms with Crippen LogP contribution in [0.5, 0.6) is 0 Å². The molecule has 2 atom stereocenters. The molecule has 0 spiro atoms. The van der Waals surface area contributed by atoms with Gasteiger partial charge in [0.15, 0.2) is 0 Å². The van der Waals surface area contributed by atoms with E-state index in [2.05, 4.69) is 23.8 Å². The maximum atomic E-state index is 10.3. The van der Waals surface area contributed by atoms with Crippen LogP contribution in [0.1, 0.15) is 79.1 Å². The first-order chi connectivity index (χ1) is 15.2. The van der Waals surface area contributed by atoms with Crippen molar-refractivity contribution in [1.82, 2.24) is 19.1 Å². The zero-order valence-corrected chi connectivity index (χ0v) is 24.4. The number of aryl methyl sites for hydroxylation is 2. The number of aliphatic carboxylic acids is 2. The van der Waals surface area contributed by atoms with Crippen LogP contribution < -0.4 is 10.2 Å². The van der Waals surface area contributed by atoms with E-state index in [4.69, 9.17) is 0 Å². The average molecular weight is 516 g/mol. The quantitative estimate of drug-likeness (QED) is 0.449. The molecule has 2 aromatic rings. The van der Waals surface area contributed by atoms with Gasteiger partial charge in [0.1, 0.15) is 0 Å². The largest absolute Gasteiger partial charge is 2.00 e. The molecule has 0 saturated carbocycles. The van der Waals surface area contributed by atoms with Gasteiger partial charge in [-0.15, -0.1) is 0 Å². The Morgan fingerprint density at radius 2 is 1.09 bits per heavy atom. The number of hydrogen-bond acceptors (Lipinski definition) is 6. The van der Waals surface area contributed by atoms with Crippen molar-refractivity contribution in [1.29, 1.82) is 0 Å². The molecule has 0 N–H and O–H groups in total. The zero-order valence-electron chi connectivity index (χ0n) is 21.4. The number of carboxylic acid groups (broad SMARTS) is 2. The van der Waals surface area contributed by atoms with Crippen LogP contribution in [0.15, 0.2) is 37.4 Å². The van der Waals surface area contributed by atoms with E-state index in [0.717, 1.165) is 38.5 Å². The van der Waals surface area contributed by atoms with E-state index < -0.39 is 11.9 Å². The zero-order chi connectivity index (χ0) is 24.8. The molecule has 0 aliphatic carbocycles. The summed E-state index contributed by atoms with van der Waals surface area (Å²) in [6, 6.07) is 0. The van der Waals surface area contributed by atoms with Crippen LogP contribution in [-0.4, -0.2) is 31.0 Å². The molecule has 0 bridgehead atoms. The molecule has 2 heterocycles. The molecule has 33 heavy (non-hydrogen) atoms. The normalized spacial score (nSPS) is 11.1. The summed E-state index contributed by atoms with van der Waals surface area (Å²) >= 11 is 0. The fourth-order valence-corrected chi connectivity index (χ4v) is 2.53. The van der Waals surface area contributed by atoms with Crippen LogP contribution in [0.25, 0.3) is 0 Å². The fourth-order valence-electron chi connectivity index (χ4n) is 2.53. The molecular formula is C24H42N4O4Zn. The van der Waals surface area contributed by atoms with Gasteiger partial charge in [-0.1, -0.05) is 53.4 Å². The first-order valence-electron chi connectivity index (χ1n) is 11.5. The van der Waals surface area contributed by atoms with Crippen LogP contribution in [-0.2, 0) is 43.2 Å². The Morgan fingerprint density at radius 1 is 0.758 bits per heavy atom.